The van der Waals surface area contributed by atoms with E-state index in [1.54, 1.807) is 6.20 Å². The van der Waals surface area contributed by atoms with E-state index < -0.39 is 0 Å². The summed E-state index contributed by atoms with van der Waals surface area (Å²) in [5.41, 5.74) is 1.68. The van der Waals surface area contributed by atoms with Crippen LogP contribution in [0.2, 0.25) is 0 Å². The van der Waals surface area contributed by atoms with Crippen LogP contribution >= 0.6 is 0 Å². The Kier molecular flexibility index (Phi) is 3.56. The quantitative estimate of drug-likeness (QED) is 0.806. The molecule has 0 bridgehead atoms. The normalized spacial score (nSPS) is 20.6. The summed E-state index contributed by atoms with van der Waals surface area (Å²) in [7, 11) is 0. The van der Waals surface area contributed by atoms with Gasteiger partial charge < -0.3 is 10.6 Å². The molecule has 1 amide bonds. The molecule has 5 nitrogen and oxygen atoms in total. The second-order valence-corrected chi connectivity index (χ2v) is 4.43. The second-order valence-electron chi connectivity index (χ2n) is 4.43. The van der Waals surface area contributed by atoms with Gasteiger partial charge in [0.2, 0.25) is 5.91 Å². The molecular weight excluding hydrogens is 216 g/mol. The predicted octanol–water partition coefficient (Wildman–Crippen LogP) is 1.17. The SMILES string of the molecule is Cc1cnc(C)c(N[C@H]2CCCCNC2=O)n1. The highest BCUT2D eigenvalue weighted by Crippen LogP contribution is 2.14. The van der Waals surface area contributed by atoms with Crippen LogP contribution in [-0.2, 0) is 4.79 Å². The van der Waals surface area contributed by atoms with Gasteiger partial charge in [0.15, 0.2) is 0 Å². The van der Waals surface area contributed by atoms with Crippen molar-refractivity contribution in [2.45, 2.75) is 39.2 Å². The number of anilines is 1. The number of amides is 1. The van der Waals surface area contributed by atoms with E-state index in [2.05, 4.69) is 20.6 Å². The number of nitrogens with one attached hydrogen (secondary N) is 2. The topological polar surface area (TPSA) is 66.9 Å². The molecule has 1 aliphatic heterocycles. The first-order chi connectivity index (χ1) is 8.16. The molecule has 17 heavy (non-hydrogen) atoms. The maximum Gasteiger partial charge on any atom is 0.242 e. The summed E-state index contributed by atoms with van der Waals surface area (Å²) in [6.45, 7) is 4.56. The highest BCUT2D eigenvalue weighted by atomic mass is 16.2. The van der Waals surface area contributed by atoms with Gasteiger partial charge in [0, 0.05) is 12.7 Å². The summed E-state index contributed by atoms with van der Waals surface area (Å²) in [5, 5.41) is 6.09. The Labute approximate surface area is 101 Å². The largest absolute Gasteiger partial charge is 0.357 e. The third-order valence-corrected chi connectivity index (χ3v) is 2.92. The first-order valence-corrected chi connectivity index (χ1v) is 6.01. The van der Waals surface area contributed by atoms with Crippen LogP contribution in [0.25, 0.3) is 0 Å². The standard InChI is InChI=1S/C12H18N4O/c1-8-7-14-9(2)11(15-8)16-10-5-3-4-6-13-12(10)17/h7,10H,3-6H2,1-2H3,(H,13,17)(H,15,16)/t10-/m0/s1. The molecule has 0 saturated carbocycles. The Hall–Kier alpha value is -1.65. The molecule has 2 heterocycles. The molecule has 1 aromatic rings. The Morgan fingerprint density at radius 3 is 3.06 bits per heavy atom. The van der Waals surface area contributed by atoms with Crippen molar-refractivity contribution in [1.29, 1.82) is 0 Å². The van der Waals surface area contributed by atoms with Gasteiger partial charge in [0.05, 0.1) is 11.4 Å². The third kappa shape index (κ3) is 2.93. The number of hydrogen-bond donors (Lipinski definition) is 2. The van der Waals surface area contributed by atoms with Crippen LogP contribution < -0.4 is 10.6 Å². The van der Waals surface area contributed by atoms with E-state index in [0.29, 0.717) is 5.82 Å². The van der Waals surface area contributed by atoms with E-state index in [4.69, 9.17) is 0 Å². The number of carbonyl (C=O) groups is 1. The number of nitrogens with zero attached hydrogens (tertiary/aromatic N) is 2. The lowest BCUT2D eigenvalue weighted by atomic mass is 10.1. The zero-order valence-corrected chi connectivity index (χ0v) is 10.3. The Balaban J connectivity index is 2.13. The van der Waals surface area contributed by atoms with Gasteiger partial charge in [-0.3, -0.25) is 9.78 Å². The molecule has 0 aromatic carbocycles. The fourth-order valence-corrected chi connectivity index (χ4v) is 1.92. The van der Waals surface area contributed by atoms with Crippen molar-refractivity contribution in [3.8, 4) is 0 Å². The molecule has 1 aromatic heterocycles. The predicted molar refractivity (Wildman–Crippen MR) is 65.8 cm³/mol. The first-order valence-electron chi connectivity index (χ1n) is 6.01. The molecule has 5 heteroatoms. The number of aryl methyl sites for hydroxylation is 2. The van der Waals surface area contributed by atoms with Crippen molar-refractivity contribution < 1.29 is 4.79 Å². The zero-order valence-electron chi connectivity index (χ0n) is 10.3. The van der Waals surface area contributed by atoms with Crippen molar-refractivity contribution in [3.63, 3.8) is 0 Å². The minimum Gasteiger partial charge on any atom is -0.357 e. The van der Waals surface area contributed by atoms with E-state index in [0.717, 1.165) is 37.2 Å². The molecule has 1 saturated heterocycles. The van der Waals surface area contributed by atoms with Gasteiger partial charge in [-0.1, -0.05) is 0 Å². The van der Waals surface area contributed by atoms with Gasteiger partial charge in [0.1, 0.15) is 11.9 Å². The van der Waals surface area contributed by atoms with Crippen LogP contribution in [0.4, 0.5) is 5.82 Å². The summed E-state index contributed by atoms with van der Waals surface area (Å²) < 4.78 is 0. The first kappa shape index (κ1) is 11.8. The molecule has 1 aliphatic rings. The lowest BCUT2D eigenvalue weighted by molar-refractivity contribution is -0.121. The molecule has 1 fully saturated rings. The van der Waals surface area contributed by atoms with Gasteiger partial charge in [0.25, 0.3) is 0 Å². The highest BCUT2D eigenvalue weighted by molar-refractivity contribution is 5.84. The molecule has 0 unspecified atom stereocenters. The summed E-state index contributed by atoms with van der Waals surface area (Å²) in [5.74, 6) is 0.775. The minimum atomic E-state index is -0.188. The van der Waals surface area contributed by atoms with E-state index in [1.807, 2.05) is 13.8 Å². The maximum absolute atomic E-state index is 11.8. The molecule has 0 aliphatic carbocycles. The smallest absolute Gasteiger partial charge is 0.242 e. The van der Waals surface area contributed by atoms with Gasteiger partial charge in [-0.2, -0.15) is 0 Å². The second kappa shape index (κ2) is 5.12. The molecule has 92 valence electrons. The molecular formula is C12H18N4O. The van der Waals surface area contributed by atoms with Gasteiger partial charge in [-0.05, 0) is 33.1 Å². The van der Waals surface area contributed by atoms with Crippen molar-refractivity contribution in [2.75, 3.05) is 11.9 Å². The van der Waals surface area contributed by atoms with E-state index in [-0.39, 0.29) is 11.9 Å². The lowest BCUT2D eigenvalue weighted by Crippen LogP contribution is -2.38. The zero-order chi connectivity index (χ0) is 12.3. The Bertz CT molecular complexity index is 419. The fourth-order valence-electron chi connectivity index (χ4n) is 1.92. The number of rotatable bonds is 2. The van der Waals surface area contributed by atoms with Crippen molar-refractivity contribution in [1.82, 2.24) is 15.3 Å². The average Bonchev–Trinajstić information content (AvgIpc) is 2.50. The highest BCUT2D eigenvalue weighted by Gasteiger charge is 2.21. The summed E-state index contributed by atoms with van der Waals surface area (Å²) in [4.78, 5) is 20.4. The van der Waals surface area contributed by atoms with Crippen LogP contribution in [-0.4, -0.2) is 28.5 Å². The van der Waals surface area contributed by atoms with Gasteiger partial charge >= 0.3 is 0 Å². The number of carbonyl (C=O) groups excluding carboxylic acids is 1. The molecule has 2 rings (SSSR count). The average molecular weight is 234 g/mol. The maximum atomic E-state index is 11.8. The van der Waals surface area contributed by atoms with Crippen LogP contribution in [0.15, 0.2) is 6.20 Å². The van der Waals surface area contributed by atoms with Crippen LogP contribution in [0.3, 0.4) is 0 Å². The summed E-state index contributed by atoms with van der Waals surface area (Å²) >= 11 is 0. The fraction of sp³-hybridized carbons (Fsp3) is 0.583. The Morgan fingerprint density at radius 1 is 1.41 bits per heavy atom. The summed E-state index contributed by atoms with van der Waals surface area (Å²) in [6, 6.07) is -0.188. The Morgan fingerprint density at radius 2 is 2.24 bits per heavy atom. The monoisotopic (exact) mass is 234 g/mol. The summed E-state index contributed by atoms with van der Waals surface area (Å²) in [6.07, 6.45) is 4.67. The molecule has 1 atom stereocenters. The number of hydrogen-bond acceptors (Lipinski definition) is 4. The van der Waals surface area contributed by atoms with Crippen molar-refractivity contribution >= 4 is 11.7 Å². The molecule has 0 radical (unpaired) electrons. The van der Waals surface area contributed by atoms with E-state index in [1.165, 1.54) is 0 Å². The third-order valence-electron chi connectivity index (χ3n) is 2.92. The van der Waals surface area contributed by atoms with Crippen molar-refractivity contribution in [3.05, 3.63) is 17.6 Å². The van der Waals surface area contributed by atoms with E-state index >= 15 is 0 Å². The molecule has 2 N–H and O–H groups in total. The van der Waals surface area contributed by atoms with Gasteiger partial charge in [-0.15, -0.1) is 0 Å². The number of aromatic nitrogens is 2. The lowest BCUT2D eigenvalue weighted by Gasteiger charge is -2.17. The van der Waals surface area contributed by atoms with Crippen LogP contribution in [0.5, 0.6) is 0 Å². The van der Waals surface area contributed by atoms with Gasteiger partial charge in [-0.25, -0.2) is 4.98 Å². The van der Waals surface area contributed by atoms with E-state index in [9.17, 15) is 4.79 Å². The molecule has 0 spiro atoms. The van der Waals surface area contributed by atoms with Crippen LogP contribution in [0, 0.1) is 13.8 Å². The minimum absolute atomic E-state index is 0.0604. The van der Waals surface area contributed by atoms with Crippen LogP contribution in [0.1, 0.15) is 30.7 Å². The van der Waals surface area contributed by atoms with Crippen molar-refractivity contribution in [2.24, 2.45) is 0 Å².